The number of fused-ring (bicyclic) bond motifs is 1. The number of halogens is 4. The topological polar surface area (TPSA) is 34.9 Å². The summed E-state index contributed by atoms with van der Waals surface area (Å²) in [6, 6.07) is 1.76. The minimum absolute atomic E-state index is 0.0892. The van der Waals surface area contributed by atoms with E-state index in [1.165, 1.54) is 0 Å². The van der Waals surface area contributed by atoms with Gasteiger partial charge in [-0.25, -0.2) is 13.2 Å². The molecule has 0 saturated heterocycles. The summed E-state index contributed by atoms with van der Waals surface area (Å²) in [4.78, 5) is 12.3. The average molecular weight is 420 g/mol. The Morgan fingerprint density at radius 2 is 2.00 bits per heavy atom. The fourth-order valence-corrected chi connectivity index (χ4v) is 3.35. The van der Waals surface area contributed by atoms with Crippen molar-refractivity contribution >= 4 is 28.4 Å². The van der Waals surface area contributed by atoms with E-state index >= 15 is 0 Å². The highest BCUT2D eigenvalue weighted by Crippen LogP contribution is 2.26. The maximum atomic E-state index is 13.2. The van der Waals surface area contributed by atoms with Crippen LogP contribution in [0, 0.1) is 26.9 Å². The second-order valence-electron chi connectivity index (χ2n) is 5.37. The lowest BCUT2D eigenvalue weighted by atomic mass is 9.89. The third kappa shape index (κ3) is 2.90. The monoisotopic (exact) mass is 420 g/mol. The van der Waals surface area contributed by atoms with Gasteiger partial charge in [-0.1, -0.05) is 0 Å². The maximum Gasteiger partial charge on any atom is 0.194 e. The first-order valence-corrected chi connectivity index (χ1v) is 7.90. The van der Waals surface area contributed by atoms with E-state index in [4.69, 9.17) is 0 Å². The van der Waals surface area contributed by atoms with Gasteiger partial charge in [0.15, 0.2) is 17.5 Å². The average Bonchev–Trinajstić information content (AvgIpc) is 2.85. The van der Waals surface area contributed by atoms with Gasteiger partial charge in [-0.3, -0.25) is 9.48 Å². The van der Waals surface area contributed by atoms with Crippen molar-refractivity contribution in [2.24, 2.45) is 5.92 Å². The molecule has 7 heteroatoms. The van der Waals surface area contributed by atoms with Gasteiger partial charge in [0.1, 0.15) is 5.78 Å². The van der Waals surface area contributed by atoms with Crippen molar-refractivity contribution < 1.29 is 18.0 Å². The van der Waals surface area contributed by atoms with Crippen LogP contribution in [0.1, 0.15) is 17.7 Å². The van der Waals surface area contributed by atoms with E-state index in [2.05, 4.69) is 27.7 Å². The van der Waals surface area contributed by atoms with Crippen molar-refractivity contribution in [3.8, 4) is 0 Å². The lowest BCUT2D eigenvalue weighted by Gasteiger charge is -2.22. The molecule has 0 aliphatic carbocycles. The molecule has 1 unspecified atom stereocenters. The Balaban J connectivity index is 1.75. The molecule has 0 radical (unpaired) electrons. The number of carbonyl (C=O) groups excluding carboxylic acids is 1. The van der Waals surface area contributed by atoms with E-state index in [-0.39, 0.29) is 23.7 Å². The molecule has 0 bridgehead atoms. The first-order chi connectivity index (χ1) is 10.5. The molecule has 3 nitrogen and oxygen atoms in total. The molecule has 22 heavy (non-hydrogen) atoms. The lowest BCUT2D eigenvalue weighted by molar-refractivity contribution is -0.122. The molecule has 3 rings (SSSR count). The Hall–Kier alpha value is -1.38. The van der Waals surface area contributed by atoms with Crippen LogP contribution in [-0.2, 0) is 24.2 Å². The van der Waals surface area contributed by atoms with E-state index < -0.39 is 17.5 Å². The molecule has 0 spiro atoms. The Kier molecular flexibility index (Phi) is 4.24. The highest BCUT2D eigenvalue weighted by molar-refractivity contribution is 14.1. The zero-order valence-electron chi connectivity index (χ0n) is 11.5. The summed E-state index contributed by atoms with van der Waals surface area (Å²) in [7, 11) is 0. The molecule has 1 atom stereocenters. The summed E-state index contributed by atoms with van der Waals surface area (Å²) in [6.07, 6.45) is 2.88. The molecule has 1 aromatic heterocycles. The van der Waals surface area contributed by atoms with E-state index in [0.717, 1.165) is 21.4 Å². The van der Waals surface area contributed by atoms with Crippen LogP contribution in [0.15, 0.2) is 18.3 Å². The minimum atomic E-state index is -1.51. The molecule has 0 fully saturated rings. The van der Waals surface area contributed by atoms with Gasteiger partial charge in [0.25, 0.3) is 0 Å². The van der Waals surface area contributed by atoms with Gasteiger partial charge >= 0.3 is 0 Å². The minimum Gasteiger partial charge on any atom is -0.299 e. The molecule has 2 aromatic rings. The second kappa shape index (κ2) is 6.02. The first-order valence-electron chi connectivity index (χ1n) is 6.82. The van der Waals surface area contributed by atoms with Gasteiger partial charge in [0, 0.05) is 25.3 Å². The van der Waals surface area contributed by atoms with E-state index in [1.807, 2.05) is 4.68 Å². The number of Topliss-reactive ketones (excluding diaryl/α,β-unsaturated/α-hetero) is 1. The summed E-state index contributed by atoms with van der Waals surface area (Å²) < 4.78 is 42.2. The Bertz CT molecular complexity index is 721. The fraction of sp³-hybridized carbons (Fsp3) is 0.333. The van der Waals surface area contributed by atoms with Crippen LogP contribution in [-0.4, -0.2) is 15.6 Å². The summed E-state index contributed by atoms with van der Waals surface area (Å²) in [5, 5.41) is 4.22. The third-order valence-corrected chi connectivity index (χ3v) is 4.81. The van der Waals surface area contributed by atoms with Gasteiger partial charge in [-0.05, 0) is 46.7 Å². The van der Waals surface area contributed by atoms with Gasteiger partial charge < -0.3 is 0 Å². The van der Waals surface area contributed by atoms with Crippen LogP contribution in [0.3, 0.4) is 0 Å². The largest absolute Gasteiger partial charge is 0.299 e. The van der Waals surface area contributed by atoms with Crippen LogP contribution < -0.4 is 0 Å². The number of hydrogen-bond donors (Lipinski definition) is 0. The van der Waals surface area contributed by atoms with Crippen molar-refractivity contribution in [2.75, 3.05) is 0 Å². The number of carbonyl (C=O) groups is 1. The zero-order chi connectivity index (χ0) is 15.9. The first kappa shape index (κ1) is 15.5. The molecule has 1 aliphatic heterocycles. The van der Waals surface area contributed by atoms with Gasteiger partial charge in [-0.15, -0.1) is 0 Å². The van der Waals surface area contributed by atoms with Crippen molar-refractivity contribution in [1.29, 1.82) is 0 Å². The number of rotatable bonds is 3. The zero-order valence-corrected chi connectivity index (χ0v) is 13.6. The van der Waals surface area contributed by atoms with Crippen molar-refractivity contribution in [3.63, 3.8) is 0 Å². The summed E-state index contributed by atoms with van der Waals surface area (Å²) in [5.41, 5.74) is 1.18. The van der Waals surface area contributed by atoms with Gasteiger partial charge in [0.05, 0.1) is 15.5 Å². The molecule has 1 aliphatic rings. The Labute approximate surface area is 138 Å². The summed E-state index contributed by atoms with van der Waals surface area (Å²) in [6.45, 7) is 0.654. The molecule has 2 heterocycles. The van der Waals surface area contributed by atoms with Crippen LogP contribution in [0.25, 0.3) is 0 Å². The quantitative estimate of drug-likeness (QED) is 0.565. The van der Waals surface area contributed by atoms with E-state index in [0.29, 0.717) is 19.4 Å². The number of hydrogen-bond acceptors (Lipinski definition) is 2. The summed E-state index contributed by atoms with van der Waals surface area (Å²) in [5.74, 6) is -4.33. The molecule has 0 amide bonds. The van der Waals surface area contributed by atoms with E-state index in [1.54, 1.807) is 6.20 Å². The van der Waals surface area contributed by atoms with Crippen LogP contribution in [0.4, 0.5) is 13.2 Å². The highest BCUT2D eigenvalue weighted by atomic mass is 127. The molecule has 0 saturated carbocycles. The number of aryl methyl sites for hydroxylation is 1. The molecular weight excluding hydrogens is 408 g/mol. The van der Waals surface area contributed by atoms with E-state index in [9.17, 15) is 18.0 Å². The molecule has 0 N–H and O–H groups in total. The maximum absolute atomic E-state index is 13.2. The SMILES string of the molecule is O=C(Cc1cc(F)c(F)c(F)c1)C1CCn2ncc(I)c2C1. The van der Waals surface area contributed by atoms with Gasteiger partial charge in [-0.2, -0.15) is 5.10 Å². The van der Waals surface area contributed by atoms with Crippen molar-refractivity contribution in [1.82, 2.24) is 9.78 Å². The fourth-order valence-electron chi connectivity index (χ4n) is 2.73. The van der Waals surface area contributed by atoms with Crippen LogP contribution >= 0.6 is 22.6 Å². The molecule has 1 aromatic carbocycles. The number of ketones is 1. The number of aromatic nitrogens is 2. The second-order valence-corrected chi connectivity index (χ2v) is 6.53. The van der Waals surface area contributed by atoms with Crippen LogP contribution in [0.5, 0.6) is 0 Å². The molecule has 116 valence electrons. The Morgan fingerprint density at radius 3 is 2.68 bits per heavy atom. The standard InChI is InChI=1S/C15H12F3IN2O/c16-10-3-8(4-11(17)15(10)18)5-14(22)9-1-2-21-13(6-9)12(19)7-20-21/h3-4,7,9H,1-2,5-6H2. The van der Waals surface area contributed by atoms with Crippen LogP contribution in [0.2, 0.25) is 0 Å². The van der Waals surface area contributed by atoms with Crippen molar-refractivity contribution in [2.45, 2.75) is 25.8 Å². The predicted molar refractivity (Wildman–Crippen MR) is 81.8 cm³/mol. The number of benzene rings is 1. The normalized spacial score (nSPS) is 17.4. The summed E-state index contributed by atoms with van der Waals surface area (Å²) >= 11 is 2.17. The highest BCUT2D eigenvalue weighted by Gasteiger charge is 2.27. The van der Waals surface area contributed by atoms with Crippen molar-refractivity contribution in [3.05, 3.63) is 50.6 Å². The molecular formula is C15H12F3IN2O. The smallest absolute Gasteiger partial charge is 0.194 e. The van der Waals surface area contributed by atoms with Gasteiger partial charge in [0.2, 0.25) is 0 Å². The Morgan fingerprint density at radius 1 is 1.32 bits per heavy atom. The number of nitrogens with zero attached hydrogens (tertiary/aromatic N) is 2. The third-order valence-electron chi connectivity index (χ3n) is 3.90. The lowest BCUT2D eigenvalue weighted by Crippen LogP contribution is -2.27. The predicted octanol–water partition coefficient (Wildman–Crippen LogP) is 3.28.